The number of hydrogen-bond acceptors (Lipinski definition) is 3. The number of hydrogen-bond donors (Lipinski definition) is 1. The fourth-order valence-electron chi connectivity index (χ4n) is 3.86. The summed E-state index contributed by atoms with van der Waals surface area (Å²) in [5.74, 6) is -0.117. The lowest BCUT2D eigenvalue weighted by Crippen LogP contribution is -2.50. The molecule has 0 unspecified atom stereocenters. The van der Waals surface area contributed by atoms with E-state index >= 15 is 0 Å². The number of carbonyl (C=O) groups excluding carboxylic acids is 1. The van der Waals surface area contributed by atoms with Crippen molar-refractivity contribution in [1.29, 1.82) is 0 Å². The van der Waals surface area contributed by atoms with Gasteiger partial charge in [0.25, 0.3) is 0 Å². The number of rotatable bonds is 7. The fourth-order valence-corrected chi connectivity index (χ4v) is 5.42. The predicted molar refractivity (Wildman–Crippen MR) is 116 cm³/mol. The van der Waals surface area contributed by atoms with Crippen LogP contribution in [0.2, 0.25) is 0 Å². The Hall–Kier alpha value is -2.18. The molecule has 1 saturated heterocycles. The summed E-state index contributed by atoms with van der Waals surface area (Å²) in [6, 6.07) is 19.3. The summed E-state index contributed by atoms with van der Waals surface area (Å²) < 4.78 is 26.9. The molecule has 1 aliphatic rings. The van der Waals surface area contributed by atoms with Crippen molar-refractivity contribution in [2.75, 3.05) is 13.1 Å². The number of carbonyl (C=O) groups is 1. The summed E-state index contributed by atoms with van der Waals surface area (Å²) in [5, 5.41) is 3.16. The van der Waals surface area contributed by atoms with Gasteiger partial charge in [0.2, 0.25) is 15.9 Å². The van der Waals surface area contributed by atoms with E-state index in [-0.39, 0.29) is 23.1 Å². The van der Waals surface area contributed by atoms with Gasteiger partial charge in [0.1, 0.15) is 0 Å². The van der Waals surface area contributed by atoms with Gasteiger partial charge in [-0.05, 0) is 44.2 Å². The molecule has 0 atom stereocenters. The molecule has 2 aromatic carbocycles. The van der Waals surface area contributed by atoms with Crippen LogP contribution < -0.4 is 5.32 Å². The second kappa shape index (κ2) is 9.09. The van der Waals surface area contributed by atoms with E-state index in [1.165, 1.54) is 9.87 Å². The zero-order valence-corrected chi connectivity index (χ0v) is 18.0. The van der Waals surface area contributed by atoms with Crippen molar-refractivity contribution in [3.05, 3.63) is 71.8 Å². The second-order valence-electron chi connectivity index (χ2n) is 8.45. The van der Waals surface area contributed by atoms with E-state index in [1.54, 1.807) is 0 Å². The molecule has 29 heavy (non-hydrogen) atoms. The van der Waals surface area contributed by atoms with Crippen molar-refractivity contribution in [1.82, 2.24) is 9.62 Å². The van der Waals surface area contributed by atoms with E-state index in [4.69, 9.17) is 0 Å². The molecule has 1 amide bonds. The lowest BCUT2D eigenvalue weighted by molar-refractivity contribution is -0.127. The lowest BCUT2D eigenvalue weighted by atomic mass is 9.91. The van der Waals surface area contributed by atoms with Crippen molar-refractivity contribution in [2.45, 2.75) is 44.4 Å². The van der Waals surface area contributed by atoms with Gasteiger partial charge in [0, 0.05) is 24.5 Å². The van der Waals surface area contributed by atoms with Gasteiger partial charge in [0.15, 0.2) is 0 Å². The number of benzene rings is 2. The minimum Gasteiger partial charge on any atom is -0.351 e. The Labute approximate surface area is 174 Å². The molecular weight excluding hydrogens is 384 g/mol. The van der Waals surface area contributed by atoms with Crippen molar-refractivity contribution in [3.63, 3.8) is 0 Å². The molecule has 1 heterocycles. The number of piperidine rings is 1. The second-order valence-corrected chi connectivity index (χ2v) is 10.4. The molecule has 6 heteroatoms. The van der Waals surface area contributed by atoms with E-state index < -0.39 is 10.0 Å². The first kappa shape index (κ1) is 21.5. The first-order valence-electron chi connectivity index (χ1n) is 10.1. The third-order valence-corrected chi connectivity index (χ3v) is 7.21. The quantitative estimate of drug-likeness (QED) is 0.755. The highest BCUT2D eigenvalue weighted by Gasteiger charge is 2.33. The lowest BCUT2D eigenvalue weighted by Gasteiger charge is -2.33. The highest BCUT2D eigenvalue weighted by molar-refractivity contribution is 7.88. The highest BCUT2D eigenvalue weighted by Crippen LogP contribution is 2.23. The maximum atomic E-state index is 12.8. The van der Waals surface area contributed by atoms with Gasteiger partial charge in [0.05, 0.1) is 5.75 Å². The summed E-state index contributed by atoms with van der Waals surface area (Å²) in [4.78, 5) is 12.8. The van der Waals surface area contributed by atoms with Gasteiger partial charge in [-0.25, -0.2) is 12.7 Å². The Morgan fingerprint density at radius 1 is 0.966 bits per heavy atom. The zero-order chi connectivity index (χ0) is 20.9. The predicted octanol–water partition coefficient (Wildman–Crippen LogP) is 3.37. The Bertz CT molecular complexity index is 904. The van der Waals surface area contributed by atoms with Gasteiger partial charge in [-0.15, -0.1) is 0 Å². The van der Waals surface area contributed by atoms with E-state index in [1.807, 2.05) is 62.4 Å². The summed E-state index contributed by atoms with van der Waals surface area (Å²) in [6.07, 6.45) is 1.87. The summed E-state index contributed by atoms with van der Waals surface area (Å²) in [7, 11) is -3.36. The van der Waals surface area contributed by atoms with E-state index in [0.717, 1.165) is 12.0 Å². The van der Waals surface area contributed by atoms with E-state index in [9.17, 15) is 13.2 Å². The Kier molecular flexibility index (Phi) is 6.75. The summed E-state index contributed by atoms with van der Waals surface area (Å²) in [5.41, 5.74) is 1.62. The molecular formula is C23H30N2O3S. The number of amides is 1. The Morgan fingerprint density at radius 3 is 2.03 bits per heavy atom. The summed E-state index contributed by atoms with van der Waals surface area (Å²) >= 11 is 0. The topological polar surface area (TPSA) is 66.5 Å². The zero-order valence-electron chi connectivity index (χ0n) is 17.2. The van der Waals surface area contributed by atoms with Gasteiger partial charge in [-0.3, -0.25) is 4.79 Å². The normalized spacial score (nSPS) is 16.5. The fraction of sp³-hybridized carbons (Fsp3) is 0.435. The SMILES string of the molecule is CC(C)(Cc1ccccc1)NC(=O)C1CCN(S(=O)(=O)Cc2ccccc2)CC1. The maximum Gasteiger partial charge on any atom is 0.223 e. The van der Waals surface area contributed by atoms with Crippen LogP contribution in [0.3, 0.4) is 0 Å². The average Bonchev–Trinajstić information content (AvgIpc) is 2.68. The third-order valence-electron chi connectivity index (χ3n) is 5.36. The van der Waals surface area contributed by atoms with Crippen molar-refractivity contribution < 1.29 is 13.2 Å². The molecule has 0 aromatic heterocycles. The number of sulfonamides is 1. The van der Waals surface area contributed by atoms with E-state index in [2.05, 4.69) is 17.4 Å². The van der Waals surface area contributed by atoms with Gasteiger partial charge in [-0.1, -0.05) is 60.7 Å². The Morgan fingerprint density at radius 2 is 1.48 bits per heavy atom. The molecule has 0 aliphatic carbocycles. The number of nitrogens with one attached hydrogen (secondary N) is 1. The largest absolute Gasteiger partial charge is 0.351 e. The van der Waals surface area contributed by atoms with Crippen LogP contribution in [0, 0.1) is 5.92 Å². The highest BCUT2D eigenvalue weighted by atomic mass is 32.2. The van der Waals surface area contributed by atoms with Crippen molar-refractivity contribution in [2.24, 2.45) is 5.92 Å². The number of nitrogens with zero attached hydrogens (tertiary/aromatic N) is 1. The van der Waals surface area contributed by atoms with Gasteiger partial charge >= 0.3 is 0 Å². The molecule has 0 saturated carbocycles. The first-order valence-corrected chi connectivity index (χ1v) is 11.7. The molecule has 5 nitrogen and oxygen atoms in total. The van der Waals surface area contributed by atoms with Crippen molar-refractivity contribution >= 4 is 15.9 Å². The molecule has 0 radical (unpaired) electrons. The summed E-state index contributed by atoms with van der Waals surface area (Å²) in [6.45, 7) is 4.84. The van der Waals surface area contributed by atoms with Crippen LogP contribution in [-0.2, 0) is 27.0 Å². The molecule has 156 valence electrons. The van der Waals surface area contributed by atoms with Crippen LogP contribution in [0.15, 0.2) is 60.7 Å². The minimum atomic E-state index is -3.36. The maximum absolute atomic E-state index is 12.8. The van der Waals surface area contributed by atoms with Crippen LogP contribution >= 0.6 is 0 Å². The van der Waals surface area contributed by atoms with Gasteiger partial charge < -0.3 is 5.32 Å². The standard InChI is InChI=1S/C23H30N2O3S/c1-23(2,17-19-9-5-3-6-10-19)24-22(26)21-13-15-25(16-14-21)29(27,28)18-20-11-7-4-8-12-20/h3-12,21H,13-18H2,1-2H3,(H,24,26). The first-order chi connectivity index (χ1) is 13.8. The molecule has 3 rings (SSSR count). The smallest absolute Gasteiger partial charge is 0.223 e. The molecule has 0 bridgehead atoms. The van der Waals surface area contributed by atoms with Crippen LogP contribution in [0.1, 0.15) is 37.8 Å². The van der Waals surface area contributed by atoms with Crippen LogP contribution in [0.25, 0.3) is 0 Å². The van der Waals surface area contributed by atoms with Crippen LogP contribution in [0.5, 0.6) is 0 Å². The van der Waals surface area contributed by atoms with Crippen LogP contribution in [0.4, 0.5) is 0 Å². The molecule has 1 fully saturated rings. The van der Waals surface area contributed by atoms with Crippen LogP contribution in [-0.4, -0.2) is 37.3 Å². The Balaban J connectivity index is 1.52. The third kappa shape index (κ3) is 6.15. The minimum absolute atomic E-state index is 0.00874. The molecule has 1 N–H and O–H groups in total. The average molecular weight is 415 g/mol. The van der Waals surface area contributed by atoms with Crippen molar-refractivity contribution in [3.8, 4) is 0 Å². The molecule has 0 spiro atoms. The monoisotopic (exact) mass is 414 g/mol. The molecule has 1 aliphatic heterocycles. The van der Waals surface area contributed by atoms with Gasteiger partial charge in [-0.2, -0.15) is 0 Å². The van der Waals surface area contributed by atoms with E-state index in [0.29, 0.717) is 25.9 Å². The molecule has 2 aromatic rings.